The van der Waals surface area contributed by atoms with E-state index in [0.29, 0.717) is 5.82 Å². The van der Waals surface area contributed by atoms with E-state index in [9.17, 15) is 0 Å². The van der Waals surface area contributed by atoms with Gasteiger partial charge in [0.1, 0.15) is 5.82 Å². The SMILES string of the molecule is Nc1cc(Nc2cccnc2)ccn1. The summed E-state index contributed by atoms with van der Waals surface area (Å²) in [6.45, 7) is 0. The Morgan fingerprint density at radius 2 is 2.07 bits per heavy atom. The zero-order chi connectivity index (χ0) is 9.80. The van der Waals surface area contributed by atoms with E-state index in [1.807, 2.05) is 18.2 Å². The summed E-state index contributed by atoms with van der Waals surface area (Å²) in [5.74, 6) is 0.499. The first-order chi connectivity index (χ1) is 6.84. The highest BCUT2D eigenvalue weighted by Crippen LogP contribution is 2.15. The van der Waals surface area contributed by atoms with Gasteiger partial charge in [-0.05, 0) is 18.2 Å². The maximum atomic E-state index is 5.55. The Kier molecular flexibility index (Phi) is 2.27. The second-order valence-corrected chi connectivity index (χ2v) is 2.84. The van der Waals surface area contributed by atoms with Crippen molar-refractivity contribution in [3.05, 3.63) is 42.9 Å². The monoisotopic (exact) mass is 186 g/mol. The summed E-state index contributed by atoms with van der Waals surface area (Å²) in [5, 5.41) is 3.16. The summed E-state index contributed by atoms with van der Waals surface area (Å²) in [6.07, 6.45) is 5.14. The standard InChI is InChI=1S/C10H10N4/c11-10-6-8(3-5-13-10)14-9-2-1-4-12-7-9/h1-7H,(H3,11,13,14). The Balaban J connectivity index is 2.19. The average molecular weight is 186 g/mol. The lowest BCUT2D eigenvalue weighted by Crippen LogP contribution is -1.94. The molecule has 0 radical (unpaired) electrons. The van der Waals surface area contributed by atoms with Crippen LogP contribution >= 0.6 is 0 Å². The Bertz CT molecular complexity index is 413. The van der Waals surface area contributed by atoms with Gasteiger partial charge in [0.05, 0.1) is 11.9 Å². The van der Waals surface area contributed by atoms with Crippen molar-refractivity contribution in [1.82, 2.24) is 9.97 Å². The van der Waals surface area contributed by atoms with Gasteiger partial charge in [0.15, 0.2) is 0 Å². The topological polar surface area (TPSA) is 63.8 Å². The van der Waals surface area contributed by atoms with Crippen LogP contribution in [-0.2, 0) is 0 Å². The average Bonchev–Trinajstić information content (AvgIpc) is 2.19. The Morgan fingerprint density at radius 1 is 1.14 bits per heavy atom. The Labute approximate surface area is 81.8 Å². The van der Waals surface area contributed by atoms with Crippen LogP contribution in [0.2, 0.25) is 0 Å². The molecule has 0 unspecified atom stereocenters. The molecule has 4 heteroatoms. The van der Waals surface area contributed by atoms with Crippen molar-refractivity contribution in [1.29, 1.82) is 0 Å². The van der Waals surface area contributed by atoms with Crippen molar-refractivity contribution in [2.24, 2.45) is 0 Å². The minimum absolute atomic E-state index is 0.499. The molecule has 0 aliphatic rings. The summed E-state index contributed by atoms with van der Waals surface area (Å²) in [4.78, 5) is 7.90. The molecule has 0 fully saturated rings. The third-order valence-corrected chi connectivity index (χ3v) is 1.73. The Morgan fingerprint density at radius 3 is 2.79 bits per heavy atom. The second-order valence-electron chi connectivity index (χ2n) is 2.84. The van der Waals surface area contributed by atoms with Crippen molar-refractivity contribution in [3.8, 4) is 0 Å². The summed E-state index contributed by atoms with van der Waals surface area (Å²) in [6, 6.07) is 7.42. The number of nitrogen functional groups attached to an aromatic ring is 1. The number of hydrogen-bond donors (Lipinski definition) is 2. The molecule has 0 aliphatic carbocycles. The van der Waals surface area contributed by atoms with E-state index in [1.165, 1.54) is 0 Å². The van der Waals surface area contributed by atoms with E-state index in [4.69, 9.17) is 5.73 Å². The molecule has 2 aromatic rings. The van der Waals surface area contributed by atoms with E-state index < -0.39 is 0 Å². The quantitative estimate of drug-likeness (QED) is 0.750. The van der Waals surface area contributed by atoms with Gasteiger partial charge in [-0.3, -0.25) is 4.98 Å². The molecule has 0 aliphatic heterocycles. The molecule has 2 rings (SSSR count). The second kappa shape index (κ2) is 3.74. The lowest BCUT2D eigenvalue weighted by atomic mass is 10.3. The van der Waals surface area contributed by atoms with Crippen LogP contribution in [0.1, 0.15) is 0 Å². The number of anilines is 3. The number of nitrogens with one attached hydrogen (secondary N) is 1. The molecular formula is C10H10N4. The molecule has 0 spiro atoms. The van der Waals surface area contributed by atoms with Gasteiger partial charge in [-0.25, -0.2) is 4.98 Å². The third kappa shape index (κ3) is 1.98. The molecule has 0 atom stereocenters. The third-order valence-electron chi connectivity index (χ3n) is 1.73. The van der Waals surface area contributed by atoms with Gasteiger partial charge in [0.25, 0.3) is 0 Å². The van der Waals surface area contributed by atoms with Crippen molar-refractivity contribution in [2.45, 2.75) is 0 Å². The molecule has 2 aromatic heterocycles. The van der Waals surface area contributed by atoms with Gasteiger partial charge in [-0.15, -0.1) is 0 Å². The highest BCUT2D eigenvalue weighted by molar-refractivity contribution is 5.60. The minimum Gasteiger partial charge on any atom is -0.384 e. The molecule has 70 valence electrons. The highest BCUT2D eigenvalue weighted by atomic mass is 14.9. The molecule has 3 N–H and O–H groups in total. The molecule has 4 nitrogen and oxygen atoms in total. The molecule has 0 bridgehead atoms. The maximum absolute atomic E-state index is 5.55. The van der Waals surface area contributed by atoms with Crippen LogP contribution in [0.3, 0.4) is 0 Å². The van der Waals surface area contributed by atoms with Crippen LogP contribution in [0.5, 0.6) is 0 Å². The smallest absolute Gasteiger partial charge is 0.125 e. The van der Waals surface area contributed by atoms with Crippen molar-refractivity contribution in [3.63, 3.8) is 0 Å². The molecule has 0 aromatic carbocycles. The molecule has 0 saturated carbocycles. The van der Waals surface area contributed by atoms with E-state index in [2.05, 4.69) is 15.3 Å². The summed E-state index contributed by atoms with van der Waals surface area (Å²) in [7, 11) is 0. The maximum Gasteiger partial charge on any atom is 0.125 e. The van der Waals surface area contributed by atoms with Crippen LogP contribution in [-0.4, -0.2) is 9.97 Å². The predicted octanol–water partition coefficient (Wildman–Crippen LogP) is 1.80. The number of rotatable bonds is 2. The van der Waals surface area contributed by atoms with Crippen LogP contribution in [0, 0.1) is 0 Å². The van der Waals surface area contributed by atoms with E-state index in [-0.39, 0.29) is 0 Å². The molecule has 14 heavy (non-hydrogen) atoms. The van der Waals surface area contributed by atoms with Crippen LogP contribution in [0.4, 0.5) is 17.2 Å². The van der Waals surface area contributed by atoms with Crippen LogP contribution in [0.25, 0.3) is 0 Å². The number of nitrogens with two attached hydrogens (primary N) is 1. The fourth-order valence-corrected chi connectivity index (χ4v) is 1.13. The zero-order valence-electron chi connectivity index (χ0n) is 7.51. The molecule has 0 amide bonds. The predicted molar refractivity (Wildman–Crippen MR) is 56.2 cm³/mol. The first kappa shape index (κ1) is 8.50. The number of pyridine rings is 2. The fraction of sp³-hybridized carbons (Fsp3) is 0. The highest BCUT2D eigenvalue weighted by Gasteiger charge is 1.94. The van der Waals surface area contributed by atoms with E-state index in [0.717, 1.165) is 11.4 Å². The zero-order valence-corrected chi connectivity index (χ0v) is 7.51. The number of nitrogens with zero attached hydrogens (tertiary/aromatic N) is 2. The van der Waals surface area contributed by atoms with E-state index >= 15 is 0 Å². The summed E-state index contributed by atoms with van der Waals surface area (Å²) < 4.78 is 0. The van der Waals surface area contributed by atoms with E-state index in [1.54, 1.807) is 24.7 Å². The van der Waals surface area contributed by atoms with Gasteiger partial charge in [-0.1, -0.05) is 0 Å². The number of hydrogen-bond acceptors (Lipinski definition) is 4. The van der Waals surface area contributed by atoms with Gasteiger partial charge < -0.3 is 11.1 Å². The van der Waals surface area contributed by atoms with Gasteiger partial charge in [0, 0.05) is 24.1 Å². The first-order valence-corrected chi connectivity index (χ1v) is 4.23. The largest absolute Gasteiger partial charge is 0.384 e. The van der Waals surface area contributed by atoms with Gasteiger partial charge in [0.2, 0.25) is 0 Å². The van der Waals surface area contributed by atoms with Crippen molar-refractivity contribution < 1.29 is 0 Å². The van der Waals surface area contributed by atoms with Crippen molar-refractivity contribution >= 4 is 17.2 Å². The van der Waals surface area contributed by atoms with Crippen molar-refractivity contribution in [2.75, 3.05) is 11.1 Å². The summed E-state index contributed by atoms with van der Waals surface area (Å²) in [5.41, 5.74) is 7.38. The van der Waals surface area contributed by atoms with Crippen LogP contribution in [0.15, 0.2) is 42.9 Å². The number of aromatic nitrogens is 2. The van der Waals surface area contributed by atoms with Gasteiger partial charge in [-0.2, -0.15) is 0 Å². The lowest BCUT2D eigenvalue weighted by molar-refractivity contribution is 1.31. The molecular weight excluding hydrogens is 176 g/mol. The summed E-state index contributed by atoms with van der Waals surface area (Å²) >= 11 is 0. The van der Waals surface area contributed by atoms with Gasteiger partial charge >= 0.3 is 0 Å². The van der Waals surface area contributed by atoms with Crippen LogP contribution < -0.4 is 11.1 Å². The first-order valence-electron chi connectivity index (χ1n) is 4.23. The Hall–Kier alpha value is -2.10. The fourth-order valence-electron chi connectivity index (χ4n) is 1.13. The molecule has 2 heterocycles. The minimum atomic E-state index is 0.499. The normalized spacial score (nSPS) is 9.71. The molecule has 0 saturated heterocycles. The lowest BCUT2D eigenvalue weighted by Gasteiger charge is -2.05.